The Balaban J connectivity index is 1.60. The third-order valence-corrected chi connectivity index (χ3v) is 4.03. The quantitative estimate of drug-likeness (QED) is 0.423. The molecule has 2 aromatic carbocycles. The highest BCUT2D eigenvalue weighted by atomic mass is 19.4. The van der Waals surface area contributed by atoms with Crippen molar-refractivity contribution in [2.45, 2.75) is 26.1 Å². The molecule has 1 heterocycles. The Bertz CT molecular complexity index is 1010. The molecule has 0 bridgehead atoms. The normalized spacial score (nSPS) is 12.9. The largest absolute Gasteiger partial charge is 0.449 e. The fraction of sp³-hybridized carbons (Fsp3) is 0.190. The number of aromatic nitrogens is 2. The lowest BCUT2D eigenvalue weighted by Crippen LogP contribution is -2.06. The lowest BCUT2D eigenvalue weighted by molar-refractivity contribution is -0.143. The molecule has 0 aliphatic rings. The molecule has 0 N–H and O–H groups in total. The van der Waals surface area contributed by atoms with Crippen molar-refractivity contribution in [3.63, 3.8) is 0 Å². The average Bonchev–Trinajstić information content (AvgIpc) is 3.17. The van der Waals surface area contributed by atoms with E-state index in [0.29, 0.717) is 11.5 Å². The predicted molar refractivity (Wildman–Crippen MR) is 99.5 cm³/mol. The predicted octanol–water partition coefficient (Wildman–Crippen LogP) is 5.38. The number of aryl methyl sites for hydroxylation is 1. The smallest absolute Gasteiger partial charge is 0.416 e. The monoisotopic (exact) mass is 402 g/mol. The van der Waals surface area contributed by atoms with Crippen LogP contribution in [0.2, 0.25) is 0 Å². The van der Waals surface area contributed by atoms with Crippen LogP contribution < -0.4 is 0 Å². The van der Waals surface area contributed by atoms with Crippen molar-refractivity contribution in [3.8, 4) is 11.5 Å². The second-order valence-corrected chi connectivity index (χ2v) is 6.34. The van der Waals surface area contributed by atoms with E-state index >= 15 is 0 Å². The third-order valence-electron chi connectivity index (χ3n) is 4.03. The third kappa shape index (κ3) is 5.31. The van der Waals surface area contributed by atoms with Crippen molar-refractivity contribution in [3.05, 3.63) is 77.2 Å². The number of rotatable bonds is 5. The maximum Gasteiger partial charge on any atom is 0.416 e. The van der Waals surface area contributed by atoms with Crippen molar-refractivity contribution >= 4 is 12.0 Å². The molecule has 5 nitrogen and oxygen atoms in total. The van der Waals surface area contributed by atoms with Crippen LogP contribution in [0.3, 0.4) is 0 Å². The zero-order chi connectivity index (χ0) is 21.0. The maximum atomic E-state index is 12.6. The van der Waals surface area contributed by atoms with E-state index in [1.54, 1.807) is 6.92 Å². The molecule has 0 radical (unpaired) electrons. The van der Waals surface area contributed by atoms with Gasteiger partial charge in [0.25, 0.3) is 5.89 Å². The minimum atomic E-state index is -4.40. The summed E-state index contributed by atoms with van der Waals surface area (Å²) in [6.07, 6.45) is -2.71. The molecule has 1 aromatic heterocycles. The molecule has 0 aliphatic carbocycles. The number of benzene rings is 2. The van der Waals surface area contributed by atoms with Gasteiger partial charge in [0.2, 0.25) is 5.89 Å². The highest BCUT2D eigenvalue weighted by molar-refractivity contribution is 5.87. The molecule has 0 saturated heterocycles. The summed E-state index contributed by atoms with van der Waals surface area (Å²) in [5.41, 5.74) is 1.51. The summed E-state index contributed by atoms with van der Waals surface area (Å²) in [5, 5.41) is 7.84. The molecule has 0 aliphatic heterocycles. The standard InChI is InChI=1S/C21H17F3N2O3/c1-13-3-8-16(9-4-13)20-26-25-19(29-20)14(2)28-18(27)12-7-15-5-10-17(11-6-15)21(22,23)24/h3-12,14H,1-2H3/b12-7+/t14-/m0/s1. The fourth-order valence-electron chi connectivity index (χ4n) is 2.42. The van der Waals surface area contributed by atoms with E-state index in [1.165, 1.54) is 18.2 Å². The van der Waals surface area contributed by atoms with Crippen molar-refractivity contribution in [2.75, 3.05) is 0 Å². The van der Waals surface area contributed by atoms with E-state index in [0.717, 1.165) is 29.3 Å². The van der Waals surface area contributed by atoms with Crippen LogP contribution in [0.25, 0.3) is 17.5 Å². The topological polar surface area (TPSA) is 65.2 Å². The Hall–Kier alpha value is -3.42. The van der Waals surface area contributed by atoms with Crippen LogP contribution in [-0.4, -0.2) is 16.2 Å². The molecular weight excluding hydrogens is 385 g/mol. The summed E-state index contributed by atoms with van der Waals surface area (Å²) in [4.78, 5) is 12.0. The molecule has 150 valence electrons. The SMILES string of the molecule is Cc1ccc(-c2nnc([C@H](C)OC(=O)/C=C/c3ccc(C(F)(F)F)cc3)o2)cc1. The summed E-state index contributed by atoms with van der Waals surface area (Å²) in [7, 11) is 0. The van der Waals surface area contributed by atoms with Crippen LogP contribution in [0.5, 0.6) is 0 Å². The van der Waals surface area contributed by atoms with Gasteiger partial charge in [-0.05, 0) is 49.8 Å². The Labute approximate surface area is 164 Å². The van der Waals surface area contributed by atoms with Crippen LogP contribution in [0.4, 0.5) is 13.2 Å². The number of nitrogens with zero attached hydrogens (tertiary/aromatic N) is 2. The summed E-state index contributed by atoms with van der Waals surface area (Å²) in [6.45, 7) is 3.54. The van der Waals surface area contributed by atoms with Crippen molar-refractivity contribution in [2.24, 2.45) is 0 Å². The van der Waals surface area contributed by atoms with Gasteiger partial charge >= 0.3 is 12.1 Å². The lowest BCUT2D eigenvalue weighted by Gasteiger charge is -2.07. The molecule has 0 saturated carbocycles. The second-order valence-electron chi connectivity index (χ2n) is 6.34. The summed E-state index contributed by atoms with van der Waals surface area (Å²) in [6, 6.07) is 11.9. The molecule has 3 rings (SSSR count). The molecule has 0 spiro atoms. The number of esters is 1. The zero-order valence-corrected chi connectivity index (χ0v) is 15.6. The van der Waals surface area contributed by atoms with Crippen molar-refractivity contribution in [1.82, 2.24) is 10.2 Å². The number of alkyl halides is 3. The molecule has 29 heavy (non-hydrogen) atoms. The molecule has 0 fully saturated rings. The number of ether oxygens (including phenoxy) is 1. The Kier molecular flexibility index (Phi) is 5.81. The number of halogens is 3. The van der Waals surface area contributed by atoms with Crippen LogP contribution in [-0.2, 0) is 15.7 Å². The molecule has 0 amide bonds. The molecule has 1 atom stereocenters. The van der Waals surface area contributed by atoms with E-state index in [-0.39, 0.29) is 5.89 Å². The van der Waals surface area contributed by atoms with Gasteiger partial charge in [-0.25, -0.2) is 4.79 Å². The molecule has 8 heteroatoms. The lowest BCUT2D eigenvalue weighted by atomic mass is 10.1. The first-order chi connectivity index (χ1) is 13.7. The average molecular weight is 402 g/mol. The minimum Gasteiger partial charge on any atom is -0.449 e. The Morgan fingerprint density at radius 2 is 1.72 bits per heavy atom. The first-order valence-electron chi connectivity index (χ1n) is 8.69. The van der Waals surface area contributed by atoms with E-state index in [9.17, 15) is 18.0 Å². The van der Waals surface area contributed by atoms with Crippen molar-refractivity contribution in [1.29, 1.82) is 0 Å². The van der Waals surface area contributed by atoms with Gasteiger partial charge in [0.15, 0.2) is 6.10 Å². The van der Waals surface area contributed by atoms with Crippen LogP contribution in [0.15, 0.2) is 59.0 Å². The first-order valence-corrected chi connectivity index (χ1v) is 8.69. The highest BCUT2D eigenvalue weighted by Gasteiger charge is 2.29. The van der Waals surface area contributed by atoms with Gasteiger partial charge in [-0.1, -0.05) is 29.8 Å². The van der Waals surface area contributed by atoms with Gasteiger partial charge in [-0.15, -0.1) is 10.2 Å². The van der Waals surface area contributed by atoms with Crippen molar-refractivity contribution < 1.29 is 27.1 Å². The van der Waals surface area contributed by atoms with Gasteiger partial charge in [-0.2, -0.15) is 13.2 Å². The Morgan fingerprint density at radius 3 is 2.34 bits per heavy atom. The maximum absolute atomic E-state index is 12.6. The van der Waals surface area contributed by atoms with Gasteiger partial charge in [0, 0.05) is 11.6 Å². The van der Waals surface area contributed by atoms with Crippen LogP contribution in [0, 0.1) is 6.92 Å². The van der Waals surface area contributed by atoms with Crippen LogP contribution >= 0.6 is 0 Å². The summed E-state index contributed by atoms with van der Waals surface area (Å²) in [5.74, 6) is -0.243. The second kappa shape index (κ2) is 8.30. The molecular formula is C21H17F3N2O3. The van der Waals surface area contributed by atoms with E-state index < -0.39 is 23.8 Å². The molecule has 3 aromatic rings. The number of carbonyl (C=O) groups excluding carboxylic acids is 1. The zero-order valence-electron chi connectivity index (χ0n) is 15.6. The number of hydrogen-bond donors (Lipinski definition) is 0. The van der Waals surface area contributed by atoms with E-state index in [2.05, 4.69) is 10.2 Å². The van der Waals surface area contributed by atoms with E-state index in [1.807, 2.05) is 31.2 Å². The summed E-state index contributed by atoms with van der Waals surface area (Å²) < 4.78 is 48.4. The number of carbonyl (C=O) groups is 1. The number of hydrogen-bond acceptors (Lipinski definition) is 5. The molecule has 0 unspecified atom stereocenters. The van der Waals surface area contributed by atoms with E-state index in [4.69, 9.17) is 9.15 Å². The Morgan fingerprint density at radius 1 is 1.07 bits per heavy atom. The summed E-state index contributed by atoms with van der Waals surface area (Å²) >= 11 is 0. The first kappa shape index (κ1) is 20.3. The van der Waals surface area contributed by atoms with Gasteiger partial charge in [-0.3, -0.25) is 0 Å². The fourth-order valence-corrected chi connectivity index (χ4v) is 2.42. The van der Waals surface area contributed by atoms with Gasteiger partial charge in [0.1, 0.15) is 0 Å². The van der Waals surface area contributed by atoms with Crippen LogP contribution in [0.1, 0.15) is 35.6 Å². The van der Waals surface area contributed by atoms with Gasteiger partial charge < -0.3 is 9.15 Å². The minimum absolute atomic E-state index is 0.136. The van der Waals surface area contributed by atoms with Gasteiger partial charge in [0.05, 0.1) is 5.56 Å². The highest BCUT2D eigenvalue weighted by Crippen LogP contribution is 2.29.